The minimum Gasteiger partial charge on any atom is -0.334 e. The molecule has 4 nitrogen and oxygen atoms in total. The van der Waals surface area contributed by atoms with Crippen molar-refractivity contribution in [2.24, 2.45) is 5.92 Å². The first-order chi connectivity index (χ1) is 9.68. The molecule has 1 aromatic heterocycles. The Kier molecular flexibility index (Phi) is 3.87. The number of likely N-dealkylation sites (tertiary alicyclic amines) is 1. The molecule has 1 aliphatic carbocycles. The summed E-state index contributed by atoms with van der Waals surface area (Å²) in [4.78, 5) is 31.7. The molecule has 2 aliphatic rings. The van der Waals surface area contributed by atoms with Crippen LogP contribution in [-0.4, -0.2) is 34.2 Å². The van der Waals surface area contributed by atoms with Gasteiger partial charge in [0.15, 0.2) is 0 Å². The van der Waals surface area contributed by atoms with Crippen LogP contribution < -0.4 is 0 Å². The van der Waals surface area contributed by atoms with Crippen molar-refractivity contribution in [3.8, 4) is 0 Å². The van der Waals surface area contributed by atoms with Gasteiger partial charge >= 0.3 is 0 Å². The fraction of sp³-hybridized carbons (Fsp3) is 0.667. The molecule has 3 rings (SSSR count). The SMILES string of the molecule is Cc1ncsc1C(=O)N1CCCC1C1CCCCC1=O. The monoisotopic (exact) mass is 292 g/mol. The Labute approximate surface area is 123 Å². The zero-order chi connectivity index (χ0) is 14.1. The third-order valence-corrected chi connectivity index (χ3v) is 5.48. The van der Waals surface area contributed by atoms with Crippen LogP contribution in [0.3, 0.4) is 0 Å². The number of rotatable bonds is 2. The Balaban J connectivity index is 1.80. The first-order valence-corrected chi connectivity index (χ1v) is 8.30. The minimum atomic E-state index is 0.0726. The average Bonchev–Trinajstić information content (AvgIpc) is 3.07. The standard InChI is InChI=1S/C15H20N2O2S/c1-10-14(20-9-16-10)15(19)17-8-4-6-12(17)11-5-2-3-7-13(11)18/h9,11-12H,2-8H2,1H3. The van der Waals surface area contributed by atoms with Crippen molar-refractivity contribution >= 4 is 23.0 Å². The van der Waals surface area contributed by atoms with Crippen molar-refractivity contribution in [1.29, 1.82) is 0 Å². The number of Topliss-reactive ketones (excluding diaryl/α,β-unsaturated/α-hetero) is 1. The van der Waals surface area contributed by atoms with Crippen molar-refractivity contribution in [3.63, 3.8) is 0 Å². The summed E-state index contributed by atoms with van der Waals surface area (Å²) in [5, 5.41) is 0. The summed E-state index contributed by atoms with van der Waals surface area (Å²) >= 11 is 1.41. The van der Waals surface area contributed by atoms with Gasteiger partial charge in [0.1, 0.15) is 10.7 Å². The zero-order valence-corrected chi connectivity index (χ0v) is 12.6. The molecular formula is C15H20N2O2S. The summed E-state index contributed by atoms with van der Waals surface area (Å²) < 4.78 is 0. The molecule has 2 atom stereocenters. The predicted octanol–water partition coefficient (Wildman–Crippen LogP) is 2.82. The van der Waals surface area contributed by atoms with E-state index in [1.54, 1.807) is 5.51 Å². The number of hydrogen-bond acceptors (Lipinski definition) is 4. The van der Waals surface area contributed by atoms with Crippen molar-refractivity contribution in [1.82, 2.24) is 9.88 Å². The summed E-state index contributed by atoms with van der Waals surface area (Å²) in [7, 11) is 0. The van der Waals surface area contributed by atoms with Gasteiger partial charge in [-0.05, 0) is 32.6 Å². The molecule has 1 saturated heterocycles. The molecule has 1 aromatic rings. The summed E-state index contributed by atoms with van der Waals surface area (Å²) in [6, 6.07) is 0.122. The van der Waals surface area contributed by atoms with Gasteiger partial charge in [-0.25, -0.2) is 4.98 Å². The molecule has 5 heteroatoms. The number of carbonyl (C=O) groups excluding carboxylic acids is 2. The van der Waals surface area contributed by atoms with Gasteiger partial charge in [0.25, 0.3) is 5.91 Å². The van der Waals surface area contributed by atoms with E-state index in [1.807, 2.05) is 11.8 Å². The van der Waals surface area contributed by atoms with E-state index in [2.05, 4.69) is 4.98 Å². The summed E-state index contributed by atoms with van der Waals surface area (Å²) in [5.74, 6) is 0.510. The quantitative estimate of drug-likeness (QED) is 0.842. The van der Waals surface area contributed by atoms with Gasteiger partial charge in [-0.1, -0.05) is 6.42 Å². The van der Waals surface area contributed by atoms with Crippen LogP contribution in [0.4, 0.5) is 0 Å². The summed E-state index contributed by atoms with van der Waals surface area (Å²) in [5.41, 5.74) is 2.53. The highest BCUT2D eigenvalue weighted by Crippen LogP contribution is 2.33. The average molecular weight is 292 g/mol. The highest BCUT2D eigenvalue weighted by atomic mass is 32.1. The molecular weight excluding hydrogens is 272 g/mol. The minimum absolute atomic E-state index is 0.0726. The second-order valence-corrected chi connectivity index (χ2v) is 6.65. The lowest BCUT2D eigenvalue weighted by Crippen LogP contribution is -2.43. The highest BCUT2D eigenvalue weighted by molar-refractivity contribution is 7.11. The second kappa shape index (κ2) is 5.64. The molecule has 0 spiro atoms. The van der Waals surface area contributed by atoms with Gasteiger partial charge in [0.2, 0.25) is 0 Å². The van der Waals surface area contributed by atoms with E-state index in [-0.39, 0.29) is 17.9 Å². The van der Waals surface area contributed by atoms with Crippen LogP contribution in [0.15, 0.2) is 5.51 Å². The topological polar surface area (TPSA) is 50.3 Å². The number of thiazole rings is 1. The van der Waals surface area contributed by atoms with Crippen LogP contribution in [0, 0.1) is 12.8 Å². The van der Waals surface area contributed by atoms with Gasteiger partial charge < -0.3 is 4.90 Å². The molecule has 2 unspecified atom stereocenters. The number of hydrogen-bond donors (Lipinski definition) is 0. The number of nitrogens with zero attached hydrogens (tertiary/aromatic N) is 2. The van der Waals surface area contributed by atoms with E-state index in [1.165, 1.54) is 11.3 Å². The summed E-state index contributed by atoms with van der Waals surface area (Å²) in [6.07, 6.45) is 5.77. The molecule has 0 bridgehead atoms. The van der Waals surface area contributed by atoms with Crippen molar-refractivity contribution < 1.29 is 9.59 Å². The van der Waals surface area contributed by atoms with E-state index in [0.717, 1.165) is 49.2 Å². The zero-order valence-electron chi connectivity index (χ0n) is 11.8. The van der Waals surface area contributed by atoms with Gasteiger partial charge in [-0.15, -0.1) is 11.3 Å². The molecule has 108 valence electrons. The van der Waals surface area contributed by atoms with Crippen LogP contribution in [-0.2, 0) is 4.79 Å². The lowest BCUT2D eigenvalue weighted by Gasteiger charge is -2.32. The fourth-order valence-electron chi connectivity index (χ4n) is 3.52. The molecule has 2 fully saturated rings. The molecule has 20 heavy (non-hydrogen) atoms. The molecule has 1 saturated carbocycles. The van der Waals surface area contributed by atoms with Gasteiger partial charge in [-0.2, -0.15) is 0 Å². The van der Waals surface area contributed by atoms with Crippen molar-refractivity contribution in [2.75, 3.05) is 6.54 Å². The fourth-order valence-corrected chi connectivity index (χ4v) is 4.27. The summed E-state index contributed by atoms with van der Waals surface area (Å²) in [6.45, 7) is 2.66. The molecule has 0 N–H and O–H groups in total. The molecule has 0 aromatic carbocycles. The van der Waals surface area contributed by atoms with E-state index in [0.29, 0.717) is 12.2 Å². The van der Waals surface area contributed by atoms with Crippen LogP contribution in [0.2, 0.25) is 0 Å². The Morgan fingerprint density at radius 3 is 2.90 bits per heavy atom. The normalized spacial score (nSPS) is 27.1. The van der Waals surface area contributed by atoms with Crippen LogP contribution in [0.1, 0.15) is 53.9 Å². The molecule has 2 heterocycles. The van der Waals surface area contributed by atoms with Crippen LogP contribution in [0.25, 0.3) is 0 Å². The number of carbonyl (C=O) groups is 2. The third-order valence-electron chi connectivity index (χ3n) is 4.57. The highest BCUT2D eigenvalue weighted by Gasteiger charge is 2.39. The third kappa shape index (κ3) is 2.39. The Morgan fingerprint density at radius 2 is 2.20 bits per heavy atom. The Morgan fingerprint density at radius 1 is 1.35 bits per heavy atom. The second-order valence-electron chi connectivity index (χ2n) is 5.79. The van der Waals surface area contributed by atoms with Gasteiger partial charge in [0, 0.05) is 24.9 Å². The Bertz CT molecular complexity index is 526. The van der Waals surface area contributed by atoms with Crippen LogP contribution >= 0.6 is 11.3 Å². The lowest BCUT2D eigenvalue weighted by atomic mass is 9.82. The number of amides is 1. The van der Waals surface area contributed by atoms with Crippen LogP contribution in [0.5, 0.6) is 0 Å². The van der Waals surface area contributed by atoms with Crippen molar-refractivity contribution in [3.05, 3.63) is 16.1 Å². The Hall–Kier alpha value is -1.23. The predicted molar refractivity (Wildman–Crippen MR) is 77.9 cm³/mol. The van der Waals surface area contributed by atoms with E-state index in [4.69, 9.17) is 0 Å². The maximum Gasteiger partial charge on any atom is 0.266 e. The van der Waals surface area contributed by atoms with Gasteiger partial charge in [-0.3, -0.25) is 9.59 Å². The number of aryl methyl sites for hydroxylation is 1. The number of ketones is 1. The molecule has 0 radical (unpaired) electrons. The van der Waals surface area contributed by atoms with Crippen molar-refractivity contribution in [2.45, 2.75) is 51.5 Å². The van der Waals surface area contributed by atoms with E-state index in [9.17, 15) is 9.59 Å². The van der Waals surface area contributed by atoms with Gasteiger partial charge in [0.05, 0.1) is 11.2 Å². The van der Waals surface area contributed by atoms with E-state index < -0.39 is 0 Å². The maximum absolute atomic E-state index is 12.7. The molecule has 1 aliphatic heterocycles. The largest absolute Gasteiger partial charge is 0.334 e. The lowest BCUT2D eigenvalue weighted by molar-refractivity contribution is -0.126. The van der Waals surface area contributed by atoms with E-state index >= 15 is 0 Å². The molecule has 1 amide bonds. The number of aromatic nitrogens is 1. The first kappa shape index (κ1) is 13.7. The maximum atomic E-state index is 12.7. The first-order valence-electron chi connectivity index (χ1n) is 7.42. The smallest absolute Gasteiger partial charge is 0.266 e.